The van der Waals surface area contributed by atoms with Gasteiger partial charge >= 0.3 is 0 Å². The van der Waals surface area contributed by atoms with Gasteiger partial charge in [-0.05, 0) is 44.1 Å². The van der Waals surface area contributed by atoms with Crippen LogP contribution < -0.4 is 10.2 Å². The number of halogens is 1. The molecule has 0 bridgehead atoms. The van der Waals surface area contributed by atoms with Gasteiger partial charge in [0.15, 0.2) is 0 Å². The molecular formula is C21H28ClN3O. The van der Waals surface area contributed by atoms with Crippen LogP contribution in [-0.2, 0) is 11.3 Å². The molecule has 26 heavy (non-hydrogen) atoms. The van der Waals surface area contributed by atoms with E-state index in [0.717, 1.165) is 30.8 Å². The summed E-state index contributed by atoms with van der Waals surface area (Å²) in [5.74, 6) is 0.159. The summed E-state index contributed by atoms with van der Waals surface area (Å²) in [4.78, 5) is 17.2. The van der Waals surface area contributed by atoms with E-state index in [9.17, 15) is 4.79 Å². The highest BCUT2D eigenvalue weighted by Crippen LogP contribution is 2.18. The maximum Gasteiger partial charge on any atom is 0.241 e. The summed E-state index contributed by atoms with van der Waals surface area (Å²) in [6, 6.07) is 20.6. The smallest absolute Gasteiger partial charge is 0.241 e. The Morgan fingerprint density at radius 3 is 2.42 bits per heavy atom. The summed E-state index contributed by atoms with van der Waals surface area (Å²) in [7, 11) is 2.00. The van der Waals surface area contributed by atoms with Crippen LogP contribution in [0.4, 0.5) is 5.69 Å². The topological polar surface area (TPSA) is 35.6 Å². The minimum absolute atomic E-state index is 0. The molecule has 0 spiro atoms. The Morgan fingerprint density at radius 1 is 1.12 bits per heavy atom. The average molecular weight is 374 g/mol. The predicted molar refractivity (Wildman–Crippen MR) is 110 cm³/mol. The fraction of sp³-hybridized carbons (Fsp3) is 0.381. The van der Waals surface area contributed by atoms with Gasteiger partial charge in [0.05, 0.1) is 13.1 Å². The Morgan fingerprint density at radius 2 is 1.77 bits per heavy atom. The molecule has 2 aromatic rings. The monoisotopic (exact) mass is 373 g/mol. The van der Waals surface area contributed by atoms with Crippen LogP contribution in [0.25, 0.3) is 0 Å². The number of likely N-dealkylation sites (tertiary alicyclic amines) is 1. The zero-order valence-electron chi connectivity index (χ0n) is 15.3. The second kappa shape index (κ2) is 10.3. The van der Waals surface area contributed by atoms with Crippen molar-refractivity contribution in [1.29, 1.82) is 0 Å². The lowest BCUT2D eigenvalue weighted by molar-refractivity contribution is -0.120. The summed E-state index contributed by atoms with van der Waals surface area (Å²) >= 11 is 0. The van der Waals surface area contributed by atoms with Gasteiger partial charge in [0.25, 0.3) is 0 Å². The number of piperidine rings is 1. The van der Waals surface area contributed by atoms with Crippen molar-refractivity contribution in [1.82, 2.24) is 10.2 Å². The minimum atomic E-state index is 0. The zero-order chi connectivity index (χ0) is 17.5. The van der Waals surface area contributed by atoms with E-state index in [-0.39, 0.29) is 18.3 Å². The van der Waals surface area contributed by atoms with Crippen LogP contribution in [0.15, 0.2) is 60.7 Å². The molecule has 4 nitrogen and oxygen atoms in total. The molecule has 1 unspecified atom stereocenters. The molecule has 3 rings (SSSR count). The Bertz CT molecular complexity index is 665. The van der Waals surface area contributed by atoms with Crippen molar-refractivity contribution < 1.29 is 4.79 Å². The van der Waals surface area contributed by atoms with Crippen molar-refractivity contribution in [2.24, 2.45) is 0 Å². The summed E-state index contributed by atoms with van der Waals surface area (Å²) in [5, 5.41) is 3.34. The van der Waals surface area contributed by atoms with Crippen molar-refractivity contribution >= 4 is 24.0 Å². The van der Waals surface area contributed by atoms with Gasteiger partial charge in [0.2, 0.25) is 5.91 Å². The fourth-order valence-corrected chi connectivity index (χ4v) is 3.41. The highest BCUT2D eigenvalue weighted by atomic mass is 35.5. The molecule has 1 N–H and O–H groups in total. The summed E-state index contributed by atoms with van der Waals surface area (Å²) in [5.41, 5.74) is 2.10. The van der Waals surface area contributed by atoms with Crippen LogP contribution in [0.5, 0.6) is 0 Å². The summed E-state index contributed by atoms with van der Waals surface area (Å²) in [6.45, 7) is 3.01. The molecule has 0 radical (unpaired) electrons. The third-order valence-electron chi connectivity index (χ3n) is 4.83. The first kappa shape index (κ1) is 20.4. The first-order chi connectivity index (χ1) is 12.3. The SMILES string of the molecule is CNC1CCCN(CC(=O)N(Cc2ccccc2)c2ccccc2)C1.Cl. The number of likely N-dealkylation sites (N-methyl/N-ethyl adjacent to an activating group) is 1. The van der Waals surface area contributed by atoms with E-state index in [1.54, 1.807) is 0 Å². The van der Waals surface area contributed by atoms with E-state index in [1.165, 1.54) is 6.42 Å². The Balaban J connectivity index is 0.00000243. The highest BCUT2D eigenvalue weighted by Gasteiger charge is 2.23. The molecule has 2 aromatic carbocycles. The normalized spacial score (nSPS) is 17.3. The van der Waals surface area contributed by atoms with Crippen LogP contribution in [0.1, 0.15) is 18.4 Å². The van der Waals surface area contributed by atoms with E-state index < -0.39 is 0 Å². The van der Waals surface area contributed by atoms with Crippen molar-refractivity contribution in [3.05, 3.63) is 66.2 Å². The molecule has 1 aliphatic rings. The van der Waals surface area contributed by atoms with E-state index in [1.807, 2.05) is 60.5 Å². The Kier molecular flexibility index (Phi) is 8.10. The number of anilines is 1. The first-order valence-electron chi connectivity index (χ1n) is 9.05. The highest BCUT2D eigenvalue weighted by molar-refractivity contribution is 5.94. The predicted octanol–water partition coefficient (Wildman–Crippen LogP) is 3.33. The maximum absolute atomic E-state index is 13.1. The van der Waals surface area contributed by atoms with E-state index >= 15 is 0 Å². The molecule has 1 amide bonds. The largest absolute Gasteiger partial charge is 0.316 e. The van der Waals surface area contributed by atoms with E-state index in [2.05, 4.69) is 22.3 Å². The maximum atomic E-state index is 13.1. The number of amides is 1. The summed E-state index contributed by atoms with van der Waals surface area (Å²) in [6.07, 6.45) is 2.33. The van der Waals surface area contributed by atoms with Crippen LogP contribution in [0.3, 0.4) is 0 Å². The van der Waals surface area contributed by atoms with Crippen LogP contribution in [0.2, 0.25) is 0 Å². The van der Waals surface area contributed by atoms with Gasteiger partial charge in [-0.2, -0.15) is 0 Å². The second-order valence-electron chi connectivity index (χ2n) is 6.66. The molecule has 0 saturated carbocycles. The third kappa shape index (κ3) is 5.56. The van der Waals surface area contributed by atoms with Gasteiger partial charge in [-0.15, -0.1) is 12.4 Å². The molecule has 1 aliphatic heterocycles. The number of carbonyl (C=O) groups excluding carboxylic acids is 1. The van der Waals surface area contributed by atoms with Gasteiger partial charge in [0.1, 0.15) is 0 Å². The minimum Gasteiger partial charge on any atom is -0.316 e. The number of rotatable bonds is 6. The van der Waals surface area contributed by atoms with Crippen molar-refractivity contribution in [3.63, 3.8) is 0 Å². The lowest BCUT2D eigenvalue weighted by Gasteiger charge is -2.33. The molecule has 1 heterocycles. The van der Waals surface area contributed by atoms with Gasteiger partial charge in [0, 0.05) is 18.3 Å². The zero-order valence-corrected chi connectivity index (χ0v) is 16.1. The molecular weight excluding hydrogens is 346 g/mol. The fourth-order valence-electron chi connectivity index (χ4n) is 3.41. The van der Waals surface area contributed by atoms with Gasteiger partial charge in [-0.25, -0.2) is 0 Å². The number of hydrogen-bond donors (Lipinski definition) is 1. The molecule has 5 heteroatoms. The number of benzene rings is 2. The van der Waals surface area contributed by atoms with E-state index in [0.29, 0.717) is 19.1 Å². The lowest BCUT2D eigenvalue weighted by atomic mass is 10.1. The molecule has 1 atom stereocenters. The van der Waals surface area contributed by atoms with E-state index in [4.69, 9.17) is 0 Å². The Hall–Kier alpha value is -1.88. The standard InChI is InChI=1S/C21H27N3O.ClH/c1-22-19-11-8-14-23(16-19)17-21(25)24(20-12-6-3-7-13-20)15-18-9-4-2-5-10-18;/h2-7,9-10,12-13,19,22H,8,11,14-17H2,1H3;1H. The molecule has 140 valence electrons. The number of carbonyl (C=O) groups is 1. The quantitative estimate of drug-likeness (QED) is 0.843. The van der Waals surface area contributed by atoms with Crippen LogP contribution in [-0.4, -0.2) is 43.5 Å². The second-order valence-corrected chi connectivity index (χ2v) is 6.66. The molecule has 0 aliphatic carbocycles. The Labute approximate surface area is 162 Å². The average Bonchev–Trinajstić information content (AvgIpc) is 2.67. The molecule has 1 saturated heterocycles. The van der Waals surface area contributed by atoms with Gasteiger partial charge < -0.3 is 10.2 Å². The van der Waals surface area contributed by atoms with Crippen LogP contribution >= 0.6 is 12.4 Å². The van der Waals surface area contributed by atoms with Crippen molar-refractivity contribution in [3.8, 4) is 0 Å². The van der Waals surface area contributed by atoms with Crippen molar-refractivity contribution in [2.45, 2.75) is 25.4 Å². The van der Waals surface area contributed by atoms with Crippen LogP contribution in [0, 0.1) is 0 Å². The number of nitrogens with zero attached hydrogens (tertiary/aromatic N) is 2. The number of nitrogens with one attached hydrogen (secondary N) is 1. The van der Waals surface area contributed by atoms with Gasteiger partial charge in [-0.3, -0.25) is 9.69 Å². The summed E-state index contributed by atoms with van der Waals surface area (Å²) < 4.78 is 0. The first-order valence-corrected chi connectivity index (χ1v) is 9.05. The molecule has 1 fully saturated rings. The number of para-hydroxylation sites is 1. The number of hydrogen-bond acceptors (Lipinski definition) is 3. The molecule has 0 aromatic heterocycles. The third-order valence-corrected chi connectivity index (χ3v) is 4.83. The van der Waals surface area contributed by atoms with Crippen molar-refractivity contribution in [2.75, 3.05) is 31.6 Å². The van der Waals surface area contributed by atoms with Gasteiger partial charge in [-0.1, -0.05) is 48.5 Å². The lowest BCUT2D eigenvalue weighted by Crippen LogP contribution is -2.48.